The first kappa shape index (κ1) is 22.4. The third-order valence-electron chi connectivity index (χ3n) is 5.65. The molecule has 0 spiro atoms. The molecule has 1 fully saturated rings. The average molecular weight is 446 g/mol. The maximum absolute atomic E-state index is 12.9. The van der Waals surface area contributed by atoms with Gasteiger partial charge >= 0.3 is 0 Å². The van der Waals surface area contributed by atoms with Crippen molar-refractivity contribution in [3.63, 3.8) is 0 Å². The van der Waals surface area contributed by atoms with E-state index in [1.807, 2.05) is 53.1 Å². The number of aryl methyl sites for hydroxylation is 1. The Hall–Kier alpha value is -3.78. The lowest BCUT2D eigenvalue weighted by Crippen LogP contribution is -2.51. The molecule has 1 N–H and O–H groups in total. The maximum Gasteiger partial charge on any atom is 0.253 e. The Kier molecular flexibility index (Phi) is 6.95. The van der Waals surface area contributed by atoms with E-state index < -0.39 is 0 Å². The summed E-state index contributed by atoms with van der Waals surface area (Å²) in [7, 11) is 0. The monoisotopic (exact) mass is 445 g/mol. The molecular weight excluding hydrogens is 418 g/mol. The standard InChI is InChI=1S/C25H27N5O3/c1-3-12-26-22(31)17-29-13-15-30(16-14-29)25(32)20-10-8-19(9-11-20)23-27-28-24(33-23)21-7-5-4-6-18(21)2/h3-11H,1,12-17H2,2H3,(H,26,31). The molecule has 1 saturated heterocycles. The van der Waals surface area contributed by atoms with Crippen molar-refractivity contribution in [3.05, 3.63) is 72.3 Å². The molecule has 2 amide bonds. The number of nitrogens with one attached hydrogen (secondary N) is 1. The lowest BCUT2D eigenvalue weighted by Gasteiger charge is -2.34. The molecule has 8 heteroatoms. The summed E-state index contributed by atoms with van der Waals surface area (Å²) < 4.78 is 5.86. The van der Waals surface area contributed by atoms with E-state index >= 15 is 0 Å². The summed E-state index contributed by atoms with van der Waals surface area (Å²) in [4.78, 5) is 28.6. The summed E-state index contributed by atoms with van der Waals surface area (Å²) in [6, 6.07) is 15.1. The highest BCUT2D eigenvalue weighted by atomic mass is 16.4. The van der Waals surface area contributed by atoms with Crippen LogP contribution in [0.3, 0.4) is 0 Å². The molecule has 8 nitrogen and oxygen atoms in total. The van der Waals surface area contributed by atoms with Gasteiger partial charge < -0.3 is 14.6 Å². The Morgan fingerprint density at radius 1 is 1.03 bits per heavy atom. The minimum absolute atomic E-state index is 0.0246. The summed E-state index contributed by atoms with van der Waals surface area (Å²) in [5.41, 5.74) is 3.33. The molecule has 0 radical (unpaired) electrons. The van der Waals surface area contributed by atoms with E-state index in [1.54, 1.807) is 18.2 Å². The zero-order chi connectivity index (χ0) is 23.2. The largest absolute Gasteiger partial charge is 0.416 e. The minimum Gasteiger partial charge on any atom is -0.416 e. The number of hydrogen-bond donors (Lipinski definition) is 1. The molecule has 2 aromatic carbocycles. The summed E-state index contributed by atoms with van der Waals surface area (Å²) in [6.07, 6.45) is 1.65. The smallest absolute Gasteiger partial charge is 0.253 e. The summed E-state index contributed by atoms with van der Waals surface area (Å²) in [6.45, 7) is 8.87. The number of amides is 2. The molecule has 3 aromatic rings. The Morgan fingerprint density at radius 3 is 2.42 bits per heavy atom. The molecule has 0 atom stereocenters. The predicted molar refractivity (Wildman–Crippen MR) is 125 cm³/mol. The number of piperazine rings is 1. The fourth-order valence-corrected chi connectivity index (χ4v) is 3.75. The molecule has 33 heavy (non-hydrogen) atoms. The number of hydrogen-bond acceptors (Lipinski definition) is 6. The number of benzene rings is 2. The van der Waals surface area contributed by atoms with Crippen molar-refractivity contribution in [2.45, 2.75) is 6.92 Å². The molecule has 4 rings (SSSR count). The lowest BCUT2D eigenvalue weighted by molar-refractivity contribution is -0.122. The Balaban J connectivity index is 1.35. The van der Waals surface area contributed by atoms with Gasteiger partial charge in [0.2, 0.25) is 17.7 Å². The van der Waals surface area contributed by atoms with Crippen molar-refractivity contribution in [2.24, 2.45) is 0 Å². The van der Waals surface area contributed by atoms with Gasteiger partial charge in [-0.05, 0) is 42.8 Å². The van der Waals surface area contributed by atoms with E-state index in [0.717, 1.165) is 16.7 Å². The highest BCUT2D eigenvalue weighted by molar-refractivity contribution is 5.94. The van der Waals surface area contributed by atoms with E-state index in [-0.39, 0.29) is 11.8 Å². The molecule has 1 aliphatic rings. The van der Waals surface area contributed by atoms with Crippen molar-refractivity contribution in [3.8, 4) is 22.9 Å². The van der Waals surface area contributed by atoms with Gasteiger partial charge in [0.1, 0.15) is 0 Å². The molecule has 0 bridgehead atoms. The molecule has 0 saturated carbocycles. The quantitative estimate of drug-likeness (QED) is 0.563. The fraction of sp³-hybridized carbons (Fsp3) is 0.280. The second-order valence-corrected chi connectivity index (χ2v) is 7.97. The van der Waals surface area contributed by atoms with Gasteiger partial charge in [-0.3, -0.25) is 14.5 Å². The number of aromatic nitrogens is 2. The van der Waals surface area contributed by atoms with E-state index in [1.165, 1.54) is 0 Å². The van der Waals surface area contributed by atoms with Crippen LogP contribution in [-0.2, 0) is 4.79 Å². The molecule has 0 unspecified atom stereocenters. The van der Waals surface area contributed by atoms with Crippen LogP contribution in [0.25, 0.3) is 22.9 Å². The zero-order valence-electron chi connectivity index (χ0n) is 18.7. The zero-order valence-corrected chi connectivity index (χ0v) is 18.7. The summed E-state index contributed by atoms with van der Waals surface area (Å²) in [5, 5.41) is 11.1. The van der Waals surface area contributed by atoms with Crippen LogP contribution in [0.4, 0.5) is 0 Å². The average Bonchev–Trinajstić information content (AvgIpc) is 3.33. The predicted octanol–water partition coefficient (Wildman–Crippen LogP) is 2.77. The molecule has 170 valence electrons. The van der Waals surface area contributed by atoms with Crippen LogP contribution in [0.1, 0.15) is 15.9 Å². The molecule has 1 aliphatic heterocycles. The van der Waals surface area contributed by atoms with Crippen LogP contribution in [0.5, 0.6) is 0 Å². The lowest BCUT2D eigenvalue weighted by atomic mass is 10.1. The van der Waals surface area contributed by atoms with Crippen LogP contribution in [0, 0.1) is 6.92 Å². The van der Waals surface area contributed by atoms with Gasteiger partial charge in [-0.1, -0.05) is 24.3 Å². The molecule has 2 heterocycles. The van der Waals surface area contributed by atoms with Crippen molar-refractivity contribution >= 4 is 11.8 Å². The molecular formula is C25H27N5O3. The number of carbonyl (C=O) groups excluding carboxylic acids is 2. The highest BCUT2D eigenvalue weighted by Gasteiger charge is 2.23. The number of rotatable bonds is 7. The number of carbonyl (C=O) groups is 2. The normalized spacial score (nSPS) is 14.2. The van der Waals surface area contributed by atoms with Crippen molar-refractivity contribution in [1.82, 2.24) is 25.3 Å². The van der Waals surface area contributed by atoms with E-state index in [0.29, 0.717) is 56.6 Å². The first-order chi connectivity index (χ1) is 16.0. The third kappa shape index (κ3) is 5.35. The van der Waals surface area contributed by atoms with Gasteiger partial charge in [-0.15, -0.1) is 16.8 Å². The minimum atomic E-state index is -0.0307. The van der Waals surface area contributed by atoms with Crippen LogP contribution in [-0.4, -0.2) is 71.1 Å². The SMILES string of the molecule is C=CCNC(=O)CN1CCN(C(=O)c2ccc(-c3nnc(-c4ccccc4C)o3)cc2)CC1. The Labute approximate surface area is 192 Å². The summed E-state index contributed by atoms with van der Waals surface area (Å²) in [5.74, 6) is 0.829. The summed E-state index contributed by atoms with van der Waals surface area (Å²) >= 11 is 0. The highest BCUT2D eigenvalue weighted by Crippen LogP contribution is 2.26. The maximum atomic E-state index is 12.9. The topological polar surface area (TPSA) is 91.6 Å². The van der Waals surface area contributed by atoms with E-state index in [2.05, 4.69) is 22.1 Å². The fourth-order valence-electron chi connectivity index (χ4n) is 3.75. The first-order valence-corrected chi connectivity index (χ1v) is 10.9. The van der Waals surface area contributed by atoms with Crippen molar-refractivity contribution < 1.29 is 14.0 Å². The van der Waals surface area contributed by atoms with Crippen molar-refractivity contribution in [1.29, 1.82) is 0 Å². The van der Waals surface area contributed by atoms with Gasteiger partial charge in [0, 0.05) is 49.4 Å². The van der Waals surface area contributed by atoms with Gasteiger partial charge in [-0.2, -0.15) is 0 Å². The van der Waals surface area contributed by atoms with Gasteiger partial charge in [0.25, 0.3) is 5.91 Å². The van der Waals surface area contributed by atoms with Gasteiger partial charge in [0.15, 0.2) is 0 Å². The van der Waals surface area contributed by atoms with Crippen LogP contribution < -0.4 is 5.32 Å². The van der Waals surface area contributed by atoms with Gasteiger partial charge in [0.05, 0.1) is 6.54 Å². The first-order valence-electron chi connectivity index (χ1n) is 10.9. The van der Waals surface area contributed by atoms with Crippen LogP contribution in [0.15, 0.2) is 65.6 Å². The Morgan fingerprint density at radius 2 is 1.73 bits per heavy atom. The molecule has 0 aliphatic carbocycles. The van der Waals surface area contributed by atoms with Gasteiger partial charge in [-0.25, -0.2) is 0 Å². The van der Waals surface area contributed by atoms with Crippen LogP contribution >= 0.6 is 0 Å². The van der Waals surface area contributed by atoms with Crippen molar-refractivity contribution in [2.75, 3.05) is 39.3 Å². The number of nitrogens with zero attached hydrogens (tertiary/aromatic N) is 4. The third-order valence-corrected chi connectivity index (χ3v) is 5.65. The van der Waals surface area contributed by atoms with E-state index in [9.17, 15) is 9.59 Å². The molecule has 1 aromatic heterocycles. The Bertz CT molecular complexity index is 1130. The van der Waals surface area contributed by atoms with Crippen LogP contribution in [0.2, 0.25) is 0 Å². The second-order valence-electron chi connectivity index (χ2n) is 7.97. The second kappa shape index (κ2) is 10.2. The van der Waals surface area contributed by atoms with E-state index in [4.69, 9.17) is 4.42 Å².